The van der Waals surface area contributed by atoms with Crippen LogP contribution >= 0.6 is 0 Å². The highest BCUT2D eigenvalue weighted by molar-refractivity contribution is 5.76. The summed E-state index contributed by atoms with van der Waals surface area (Å²) in [6.07, 6.45) is -5.94. The van der Waals surface area contributed by atoms with Gasteiger partial charge in [0.25, 0.3) is 0 Å². The second-order valence-electron chi connectivity index (χ2n) is 3.44. The number of carboxylic acid groups (broad SMARTS) is 1. The van der Waals surface area contributed by atoms with Crippen LogP contribution in [0.15, 0.2) is 24.3 Å². The van der Waals surface area contributed by atoms with E-state index >= 15 is 0 Å². The van der Waals surface area contributed by atoms with E-state index in [1.54, 1.807) is 0 Å². The fraction of sp³-hybridized carbons (Fsp3) is 0.300. The molecule has 0 aliphatic carbocycles. The summed E-state index contributed by atoms with van der Waals surface area (Å²) in [7, 11) is 0. The molecule has 0 unspecified atom stereocenters. The van der Waals surface area contributed by atoms with E-state index in [0.717, 1.165) is 12.1 Å². The van der Waals surface area contributed by atoms with Crippen LogP contribution in [0.1, 0.15) is 17.2 Å². The Balaban J connectivity index is 2.13. The average molecular weight is 232 g/mol. The van der Waals surface area contributed by atoms with Gasteiger partial charge in [-0.05, 0) is 17.7 Å². The minimum atomic E-state index is -4.38. The molecule has 86 valence electrons. The number of rotatable bonds is 2. The number of hydrogen-bond donors (Lipinski definition) is 1. The van der Waals surface area contributed by atoms with Crippen LogP contribution in [0, 0.1) is 0 Å². The van der Waals surface area contributed by atoms with E-state index in [-0.39, 0.29) is 0 Å². The zero-order valence-corrected chi connectivity index (χ0v) is 7.86. The van der Waals surface area contributed by atoms with Crippen molar-refractivity contribution in [2.45, 2.75) is 18.4 Å². The Morgan fingerprint density at radius 3 is 2.19 bits per heavy atom. The van der Waals surface area contributed by atoms with Crippen molar-refractivity contribution in [1.29, 1.82) is 0 Å². The Bertz CT molecular complexity index is 410. The van der Waals surface area contributed by atoms with Crippen LogP contribution < -0.4 is 0 Å². The van der Waals surface area contributed by atoms with Gasteiger partial charge in [0.05, 0.1) is 5.56 Å². The molecule has 1 saturated heterocycles. The van der Waals surface area contributed by atoms with Gasteiger partial charge in [0.1, 0.15) is 6.10 Å². The highest BCUT2D eigenvalue weighted by atomic mass is 19.4. The number of carboxylic acids is 1. The molecular formula is C10H7F3O3. The molecule has 3 nitrogen and oxygen atoms in total. The third-order valence-electron chi connectivity index (χ3n) is 2.30. The topological polar surface area (TPSA) is 49.8 Å². The quantitative estimate of drug-likeness (QED) is 0.795. The lowest BCUT2D eigenvalue weighted by Gasteiger charge is -2.06. The lowest BCUT2D eigenvalue weighted by atomic mass is 10.1. The first-order valence-electron chi connectivity index (χ1n) is 4.45. The molecule has 1 aromatic carbocycles. The predicted molar refractivity (Wildman–Crippen MR) is 46.7 cm³/mol. The molecule has 0 aromatic heterocycles. The Kier molecular flexibility index (Phi) is 2.38. The molecule has 1 heterocycles. The molecule has 0 saturated carbocycles. The molecule has 0 amide bonds. The summed E-state index contributed by atoms with van der Waals surface area (Å²) in [4.78, 5) is 10.5. The zero-order chi connectivity index (χ0) is 11.9. The molecule has 1 aliphatic rings. The Morgan fingerprint density at radius 1 is 1.25 bits per heavy atom. The fourth-order valence-electron chi connectivity index (χ4n) is 1.42. The number of alkyl halides is 3. The molecule has 16 heavy (non-hydrogen) atoms. The predicted octanol–water partition coefficient (Wildman–Crippen LogP) is 2.23. The first-order valence-corrected chi connectivity index (χ1v) is 4.45. The van der Waals surface area contributed by atoms with Gasteiger partial charge in [0, 0.05) is 0 Å². The summed E-state index contributed by atoms with van der Waals surface area (Å²) < 4.78 is 41.5. The van der Waals surface area contributed by atoms with Crippen LogP contribution in [0.3, 0.4) is 0 Å². The number of hydrogen-bond acceptors (Lipinski definition) is 2. The van der Waals surface area contributed by atoms with Gasteiger partial charge in [-0.15, -0.1) is 0 Å². The summed E-state index contributed by atoms with van der Waals surface area (Å²) in [6, 6.07) is 4.29. The standard InChI is InChI=1S/C10H7F3O3/c11-10(12,13)6-3-1-5(2-4-6)7-8(16-7)9(14)15/h1-4,7-8H,(H,14,15)/t7-,8+/m0/s1. The minimum Gasteiger partial charge on any atom is -0.479 e. The molecule has 2 atom stereocenters. The van der Waals surface area contributed by atoms with E-state index in [4.69, 9.17) is 9.84 Å². The van der Waals surface area contributed by atoms with Crippen LogP contribution in [0.25, 0.3) is 0 Å². The maximum Gasteiger partial charge on any atom is 0.416 e. The monoisotopic (exact) mass is 232 g/mol. The van der Waals surface area contributed by atoms with Crippen molar-refractivity contribution >= 4 is 5.97 Å². The van der Waals surface area contributed by atoms with Crippen LogP contribution in [-0.2, 0) is 15.7 Å². The second kappa shape index (κ2) is 3.48. The molecule has 1 fully saturated rings. The van der Waals surface area contributed by atoms with E-state index in [0.29, 0.717) is 5.56 Å². The Morgan fingerprint density at radius 2 is 1.81 bits per heavy atom. The van der Waals surface area contributed by atoms with E-state index in [9.17, 15) is 18.0 Å². The maximum atomic E-state index is 12.2. The van der Waals surface area contributed by atoms with Gasteiger partial charge < -0.3 is 9.84 Å². The third kappa shape index (κ3) is 2.01. The summed E-state index contributed by atoms with van der Waals surface area (Å²) in [5.41, 5.74) is -0.316. The minimum absolute atomic E-state index is 0.445. The Hall–Kier alpha value is -1.56. The molecule has 6 heteroatoms. The lowest BCUT2D eigenvalue weighted by Crippen LogP contribution is -2.06. The second-order valence-corrected chi connectivity index (χ2v) is 3.44. The zero-order valence-electron chi connectivity index (χ0n) is 7.86. The van der Waals surface area contributed by atoms with Gasteiger partial charge >= 0.3 is 12.1 Å². The largest absolute Gasteiger partial charge is 0.479 e. The van der Waals surface area contributed by atoms with Gasteiger partial charge in [0.2, 0.25) is 0 Å². The van der Waals surface area contributed by atoms with Crippen molar-refractivity contribution < 1.29 is 27.8 Å². The van der Waals surface area contributed by atoms with E-state index in [2.05, 4.69) is 0 Å². The van der Waals surface area contributed by atoms with Crippen molar-refractivity contribution in [2.24, 2.45) is 0 Å². The molecular weight excluding hydrogens is 225 g/mol. The van der Waals surface area contributed by atoms with E-state index in [1.165, 1.54) is 12.1 Å². The van der Waals surface area contributed by atoms with Gasteiger partial charge in [-0.25, -0.2) is 4.79 Å². The van der Waals surface area contributed by atoms with Gasteiger partial charge in [0.15, 0.2) is 6.10 Å². The van der Waals surface area contributed by atoms with Crippen LogP contribution in [0.2, 0.25) is 0 Å². The van der Waals surface area contributed by atoms with Crippen LogP contribution in [0.5, 0.6) is 0 Å². The average Bonchev–Trinajstić information content (AvgIpc) is 2.96. The smallest absolute Gasteiger partial charge is 0.416 e. The molecule has 1 N–H and O–H groups in total. The van der Waals surface area contributed by atoms with Crippen molar-refractivity contribution in [3.63, 3.8) is 0 Å². The number of ether oxygens (including phenoxy) is 1. The van der Waals surface area contributed by atoms with Crippen LogP contribution in [-0.4, -0.2) is 17.2 Å². The van der Waals surface area contributed by atoms with Crippen molar-refractivity contribution in [3.8, 4) is 0 Å². The molecule has 1 aliphatic heterocycles. The third-order valence-corrected chi connectivity index (χ3v) is 2.30. The number of aliphatic carboxylic acids is 1. The normalized spacial score (nSPS) is 24.2. The maximum absolute atomic E-state index is 12.2. The summed E-state index contributed by atoms with van der Waals surface area (Å²) >= 11 is 0. The summed E-state index contributed by atoms with van der Waals surface area (Å²) in [5.74, 6) is -1.11. The van der Waals surface area contributed by atoms with Crippen molar-refractivity contribution in [3.05, 3.63) is 35.4 Å². The van der Waals surface area contributed by atoms with Gasteiger partial charge in [-0.1, -0.05) is 12.1 Å². The molecule has 0 bridgehead atoms. The first-order chi connectivity index (χ1) is 7.39. The Labute approximate surface area is 88.5 Å². The molecule has 0 spiro atoms. The van der Waals surface area contributed by atoms with E-state index in [1.807, 2.05) is 0 Å². The molecule has 0 radical (unpaired) electrons. The fourth-order valence-corrected chi connectivity index (χ4v) is 1.42. The van der Waals surface area contributed by atoms with Gasteiger partial charge in [-0.2, -0.15) is 13.2 Å². The molecule has 2 rings (SSSR count). The number of halogens is 3. The number of epoxide rings is 1. The van der Waals surface area contributed by atoms with Gasteiger partial charge in [-0.3, -0.25) is 0 Å². The highest BCUT2D eigenvalue weighted by Crippen LogP contribution is 2.39. The van der Waals surface area contributed by atoms with Crippen molar-refractivity contribution in [1.82, 2.24) is 0 Å². The van der Waals surface area contributed by atoms with E-state index < -0.39 is 29.9 Å². The van der Waals surface area contributed by atoms with Crippen LogP contribution in [0.4, 0.5) is 13.2 Å². The highest BCUT2D eigenvalue weighted by Gasteiger charge is 2.46. The number of benzene rings is 1. The van der Waals surface area contributed by atoms with Crippen molar-refractivity contribution in [2.75, 3.05) is 0 Å². The first kappa shape index (κ1) is 10.9. The lowest BCUT2D eigenvalue weighted by molar-refractivity contribution is -0.139. The summed E-state index contributed by atoms with van der Waals surface area (Å²) in [6.45, 7) is 0. The molecule has 1 aromatic rings. The summed E-state index contributed by atoms with van der Waals surface area (Å²) in [5, 5.41) is 8.56. The number of carbonyl (C=O) groups is 1. The SMILES string of the molecule is O=C(O)[C@@H]1O[C@H]1c1ccc(C(F)(F)F)cc1.